The summed E-state index contributed by atoms with van der Waals surface area (Å²) in [5.74, 6) is 0. The molecule has 124 valence electrons. The third kappa shape index (κ3) is 2.91. The van der Waals surface area contributed by atoms with Gasteiger partial charge < -0.3 is 14.6 Å². The zero-order chi connectivity index (χ0) is 15.8. The summed E-state index contributed by atoms with van der Waals surface area (Å²) in [6.45, 7) is 4.83. The molecule has 1 N–H and O–H groups in total. The van der Waals surface area contributed by atoms with E-state index in [0.29, 0.717) is 6.04 Å². The zero-order valence-corrected chi connectivity index (χ0v) is 14.3. The Morgan fingerprint density at radius 2 is 2.09 bits per heavy atom. The van der Waals surface area contributed by atoms with Crippen LogP contribution in [0.25, 0.3) is 10.9 Å². The van der Waals surface area contributed by atoms with Crippen molar-refractivity contribution in [2.24, 2.45) is 0 Å². The second-order valence-corrected chi connectivity index (χ2v) is 7.17. The Balaban J connectivity index is 1.66. The van der Waals surface area contributed by atoms with Gasteiger partial charge in [-0.15, -0.1) is 0 Å². The Kier molecular flexibility index (Phi) is 4.14. The summed E-state index contributed by atoms with van der Waals surface area (Å²) in [7, 11) is 4.41. The highest BCUT2D eigenvalue weighted by Crippen LogP contribution is 2.32. The molecule has 1 unspecified atom stereocenters. The molecular weight excluding hydrogens is 286 g/mol. The number of likely N-dealkylation sites (N-methyl/N-ethyl adjacent to an activating group) is 1. The van der Waals surface area contributed by atoms with Crippen molar-refractivity contribution in [1.82, 2.24) is 14.8 Å². The van der Waals surface area contributed by atoms with Crippen molar-refractivity contribution in [3.8, 4) is 0 Å². The third-order valence-electron chi connectivity index (χ3n) is 5.51. The van der Waals surface area contributed by atoms with Gasteiger partial charge in [0.15, 0.2) is 0 Å². The molecule has 1 aliphatic carbocycles. The van der Waals surface area contributed by atoms with Gasteiger partial charge in [0, 0.05) is 36.8 Å². The molecule has 4 heteroatoms. The molecule has 2 aromatic rings. The maximum absolute atomic E-state index is 5.47. The summed E-state index contributed by atoms with van der Waals surface area (Å²) in [6.07, 6.45) is 3.60. The topological polar surface area (TPSA) is 31.5 Å². The lowest BCUT2D eigenvalue weighted by Crippen LogP contribution is -2.35. The normalized spacial score (nSPS) is 22.7. The maximum Gasteiger partial charge on any atom is 0.0594 e. The second-order valence-electron chi connectivity index (χ2n) is 7.17. The molecule has 2 aliphatic rings. The van der Waals surface area contributed by atoms with Crippen LogP contribution < -0.4 is 0 Å². The first-order chi connectivity index (χ1) is 11.2. The van der Waals surface area contributed by atoms with Crippen molar-refractivity contribution >= 4 is 10.9 Å². The van der Waals surface area contributed by atoms with Gasteiger partial charge in [0.05, 0.1) is 18.7 Å². The predicted molar refractivity (Wildman–Crippen MR) is 93.9 cm³/mol. The van der Waals surface area contributed by atoms with E-state index in [1.54, 1.807) is 5.56 Å². The predicted octanol–water partition coefficient (Wildman–Crippen LogP) is 2.42. The van der Waals surface area contributed by atoms with Crippen LogP contribution in [0.2, 0.25) is 0 Å². The lowest BCUT2D eigenvalue weighted by molar-refractivity contribution is 0.0343. The summed E-state index contributed by atoms with van der Waals surface area (Å²) in [4.78, 5) is 8.63. The van der Waals surface area contributed by atoms with E-state index in [4.69, 9.17) is 4.74 Å². The fourth-order valence-electron chi connectivity index (χ4n) is 4.06. The van der Waals surface area contributed by atoms with Crippen molar-refractivity contribution in [3.05, 3.63) is 35.0 Å². The number of benzene rings is 1. The molecule has 23 heavy (non-hydrogen) atoms. The zero-order valence-electron chi connectivity index (χ0n) is 14.3. The van der Waals surface area contributed by atoms with Crippen LogP contribution in [-0.2, 0) is 24.1 Å². The number of ether oxygens (including phenoxy) is 1. The maximum atomic E-state index is 5.47. The first kappa shape index (κ1) is 15.2. The molecule has 1 aliphatic heterocycles. The second kappa shape index (κ2) is 6.27. The number of fused-ring (bicyclic) bond motifs is 3. The van der Waals surface area contributed by atoms with E-state index in [2.05, 4.69) is 47.1 Å². The van der Waals surface area contributed by atoms with Crippen molar-refractivity contribution in [1.29, 1.82) is 0 Å². The van der Waals surface area contributed by atoms with Crippen molar-refractivity contribution in [2.45, 2.75) is 31.8 Å². The molecule has 0 saturated carbocycles. The molecular formula is C19H27N3O. The van der Waals surface area contributed by atoms with E-state index in [1.165, 1.54) is 41.4 Å². The van der Waals surface area contributed by atoms with E-state index in [-0.39, 0.29) is 0 Å². The fraction of sp³-hybridized carbons (Fsp3) is 0.579. The number of hydrogen-bond donors (Lipinski definition) is 1. The molecule has 1 aromatic heterocycles. The summed E-state index contributed by atoms with van der Waals surface area (Å²) >= 11 is 0. The average Bonchev–Trinajstić information content (AvgIpc) is 2.95. The molecule has 0 amide bonds. The first-order valence-corrected chi connectivity index (χ1v) is 8.80. The van der Waals surface area contributed by atoms with Gasteiger partial charge in [-0.3, -0.25) is 4.90 Å². The molecule has 0 bridgehead atoms. The number of aromatic amines is 1. The first-order valence-electron chi connectivity index (χ1n) is 8.80. The molecule has 4 nitrogen and oxygen atoms in total. The quantitative estimate of drug-likeness (QED) is 0.944. The van der Waals surface area contributed by atoms with Crippen LogP contribution in [0.1, 0.15) is 23.2 Å². The van der Waals surface area contributed by atoms with Gasteiger partial charge in [0.1, 0.15) is 0 Å². The van der Waals surface area contributed by atoms with Crippen molar-refractivity contribution < 1.29 is 4.74 Å². The van der Waals surface area contributed by atoms with Crippen LogP contribution >= 0.6 is 0 Å². The number of para-hydroxylation sites is 1. The number of morpholine rings is 1. The highest BCUT2D eigenvalue weighted by Gasteiger charge is 2.24. The number of aromatic nitrogens is 1. The average molecular weight is 313 g/mol. The standard InChI is InChI=1S/C19H27N3O/c1-21(2)15-6-7-18-17(12-15)16-5-3-4-14(19(16)20-18)13-22-8-10-23-11-9-22/h3-5,15,20H,6-13H2,1-2H3. The van der Waals surface area contributed by atoms with Gasteiger partial charge in [-0.2, -0.15) is 0 Å². The Morgan fingerprint density at radius 3 is 2.87 bits per heavy atom. The van der Waals surface area contributed by atoms with Crippen molar-refractivity contribution in [3.63, 3.8) is 0 Å². The molecule has 0 spiro atoms. The van der Waals surface area contributed by atoms with Gasteiger partial charge in [-0.25, -0.2) is 0 Å². The smallest absolute Gasteiger partial charge is 0.0594 e. The third-order valence-corrected chi connectivity index (χ3v) is 5.51. The largest absolute Gasteiger partial charge is 0.379 e. The minimum atomic E-state index is 0.671. The summed E-state index contributed by atoms with van der Waals surface area (Å²) < 4.78 is 5.47. The summed E-state index contributed by atoms with van der Waals surface area (Å²) in [5.41, 5.74) is 5.81. The van der Waals surface area contributed by atoms with Gasteiger partial charge >= 0.3 is 0 Å². The Bertz CT molecular complexity index is 685. The lowest BCUT2D eigenvalue weighted by atomic mass is 9.90. The summed E-state index contributed by atoms with van der Waals surface area (Å²) in [5, 5.41) is 1.44. The van der Waals surface area contributed by atoms with E-state index in [9.17, 15) is 0 Å². The minimum absolute atomic E-state index is 0.671. The Labute approximate surface area is 138 Å². The molecule has 0 radical (unpaired) electrons. The van der Waals surface area contributed by atoms with Gasteiger partial charge in [-0.05, 0) is 44.5 Å². The van der Waals surface area contributed by atoms with Gasteiger partial charge in [-0.1, -0.05) is 18.2 Å². The highest BCUT2D eigenvalue weighted by molar-refractivity contribution is 5.87. The molecule has 1 saturated heterocycles. The molecule has 2 heterocycles. The number of aryl methyl sites for hydroxylation is 1. The number of rotatable bonds is 3. The van der Waals surface area contributed by atoms with Gasteiger partial charge in [0.2, 0.25) is 0 Å². The van der Waals surface area contributed by atoms with Crippen molar-refractivity contribution in [2.75, 3.05) is 40.4 Å². The van der Waals surface area contributed by atoms with Crippen LogP contribution in [0.5, 0.6) is 0 Å². The van der Waals surface area contributed by atoms with Gasteiger partial charge in [0.25, 0.3) is 0 Å². The lowest BCUT2D eigenvalue weighted by Gasteiger charge is -2.28. The number of hydrogen-bond acceptors (Lipinski definition) is 3. The van der Waals surface area contributed by atoms with Crippen LogP contribution in [0.3, 0.4) is 0 Å². The number of nitrogens with zero attached hydrogens (tertiary/aromatic N) is 2. The van der Waals surface area contributed by atoms with E-state index in [1.807, 2.05) is 0 Å². The van der Waals surface area contributed by atoms with E-state index in [0.717, 1.165) is 32.8 Å². The van der Waals surface area contributed by atoms with Crippen LogP contribution in [0.4, 0.5) is 0 Å². The van der Waals surface area contributed by atoms with Crippen LogP contribution in [0, 0.1) is 0 Å². The SMILES string of the molecule is CN(C)C1CCc2[nH]c3c(CN4CCOCC4)cccc3c2C1. The fourth-order valence-corrected chi connectivity index (χ4v) is 4.06. The van der Waals surface area contributed by atoms with Crippen LogP contribution in [0.15, 0.2) is 18.2 Å². The molecule has 1 fully saturated rings. The van der Waals surface area contributed by atoms with E-state index >= 15 is 0 Å². The summed E-state index contributed by atoms with van der Waals surface area (Å²) in [6, 6.07) is 7.48. The molecule has 4 rings (SSSR count). The Morgan fingerprint density at radius 1 is 1.26 bits per heavy atom. The number of nitrogens with one attached hydrogen (secondary N) is 1. The molecule has 1 aromatic carbocycles. The minimum Gasteiger partial charge on any atom is -0.379 e. The van der Waals surface area contributed by atoms with Crippen LogP contribution in [-0.4, -0.2) is 61.2 Å². The Hall–Kier alpha value is -1.36. The highest BCUT2D eigenvalue weighted by atomic mass is 16.5. The monoisotopic (exact) mass is 313 g/mol. The van der Waals surface area contributed by atoms with E-state index < -0.39 is 0 Å². The molecule has 1 atom stereocenters. The number of H-pyrrole nitrogens is 1.